The van der Waals surface area contributed by atoms with Gasteiger partial charge >= 0.3 is 0 Å². The van der Waals surface area contributed by atoms with E-state index in [0.717, 1.165) is 10.9 Å². The monoisotopic (exact) mass is 296 g/mol. The lowest BCUT2D eigenvalue weighted by atomic mass is 10.2. The molecule has 0 saturated heterocycles. The van der Waals surface area contributed by atoms with Crippen molar-refractivity contribution in [3.05, 3.63) is 58.4 Å². The minimum atomic E-state index is -0.232. The summed E-state index contributed by atoms with van der Waals surface area (Å²) in [5.41, 5.74) is 1.52. The highest BCUT2D eigenvalue weighted by Gasteiger charge is 2.11. The second-order valence-corrected chi connectivity index (χ2v) is 5.67. The fourth-order valence-corrected chi connectivity index (χ4v) is 2.78. The number of nitrogens with one attached hydrogen (secondary N) is 1. The number of benzene rings is 1. The van der Waals surface area contributed by atoms with Gasteiger partial charge in [-0.05, 0) is 31.2 Å². The van der Waals surface area contributed by atoms with Crippen molar-refractivity contribution < 1.29 is 9.59 Å². The van der Waals surface area contributed by atoms with Crippen LogP contribution in [0.3, 0.4) is 0 Å². The van der Waals surface area contributed by atoms with E-state index in [2.05, 4.69) is 10.3 Å². The zero-order valence-electron chi connectivity index (χ0n) is 11.3. The SMILES string of the molecule is CC(=O)c1ccc(C(=O)Nc2cnc3ccccc3c2)s1. The molecule has 2 aromatic heterocycles. The van der Waals surface area contributed by atoms with E-state index < -0.39 is 0 Å². The molecule has 0 saturated carbocycles. The Morgan fingerprint density at radius 1 is 1.10 bits per heavy atom. The molecule has 4 nitrogen and oxygen atoms in total. The maximum Gasteiger partial charge on any atom is 0.265 e. The molecule has 0 radical (unpaired) electrons. The Kier molecular flexibility index (Phi) is 3.50. The van der Waals surface area contributed by atoms with Crippen LogP contribution in [0.15, 0.2) is 48.7 Å². The van der Waals surface area contributed by atoms with E-state index in [9.17, 15) is 9.59 Å². The summed E-state index contributed by atoms with van der Waals surface area (Å²) in [6.07, 6.45) is 1.62. The standard InChI is InChI=1S/C16H12N2O2S/c1-10(19)14-6-7-15(21-14)16(20)18-12-8-11-4-2-3-5-13(11)17-9-12/h2-9H,1H3,(H,18,20). The molecule has 0 fully saturated rings. The van der Waals surface area contributed by atoms with Crippen molar-refractivity contribution in [3.8, 4) is 0 Å². The molecule has 104 valence electrons. The topological polar surface area (TPSA) is 59.1 Å². The quantitative estimate of drug-likeness (QED) is 0.749. The average Bonchev–Trinajstić information content (AvgIpc) is 2.97. The van der Waals surface area contributed by atoms with E-state index in [0.29, 0.717) is 15.4 Å². The number of anilines is 1. The summed E-state index contributed by atoms with van der Waals surface area (Å²) in [7, 11) is 0. The van der Waals surface area contributed by atoms with Gasteiger partial charge in [0.2, 0.25) is 0 Å². The first-order valence-corrected chi connectivity index (χ1v) is 7.22. The molecule has 21 heavy (non-hydrogen) atoms. The van der Waals surface area contributed by atoms with Crippen molar-refractivity contribution in [2.75, 3.05) is 5.32 Å². The van der Waals surface area contributed by atoms with Crippen molar-refractivity contribution in [2.45, 2.75) is 6.92 Å². The van der Waals surface area contributed by atoms with Gasteiger partial charge in [0, 0.05) is 5.39 Å². The van der Waals surface area contributed by atoms with Gasteiger partial charge in [-0.1, -0.05) is 18.2 Å². The molecule has 0 aliphatic carbocycles. The van der Waals surface area contributed by atoms with E-state index in [1.165, 1.54) is 18.3 Å². The number of carbonyl (C=O) groups is 2. The number of hydrogen-bond acceptors (Lipinski definition) is 4. The van der Waals surface area contributed by atoms with Crippen molar-refractivity contribution in [2.24, 2.45) is 0 Å². The first-order chi connectivity index (χ1) is 10.1. The molecule has 0 bridgehead atoms. The summed E-state index contributed by atoms with van der Waals surface area (Å²) < 4.78 is 0. The number of thiophene rings is 1. The van der Waals surface area contributed by atoms with E-state index in [-0.39, 0.29) is 11.7 Å². The Hall–Kier alpha value is -2.53. The minimum Gasteiger partial charge on any atom is -0.320 e. The zero-order valence-corrected chi connectivity index (χ0v) is 12.1. The lowest BCUT2D eigenvalue weighted by Crippen LogP contribution is -2.10. The Bertz CT molecular complexity index is 839. The molecule has 0 aliphatic heterocycles. The molecule has 5 heteroatoms. The normalized spacial score (nSPS) is 10.5. The predicted octanol–water partition coefficient (Wildman–Crippen LogP) is 3.75. The first kappa shape index (κ1) is 13.5. The van der Waals surface area contributed by atoms with Crippen LogP contribution in [0.5, 0.6) is 0 Å². The van der Waals surface area contributed by atoms with Crippen molar-refractivity contribution >= 4 is 39.6 Å². The van der Waals surface area contributed by atoms with Gasteiger partial charge in [0.25, 0.3) is 5.91 Å². The summed E-state index contributed by atoms with van der Waals surface area (Å²) in [6, 6.07) is 12.9. The van der Waals surface area contributed by atoms with Gasteiger partial charge in [0.05, 0.1) is 27.2 Å². The van der Waals surface area contributed by atoms with E-state index in [1.807, 2.05) is 30.3 Å². The van der Waals surface area contributed by atoms with Gasteiger partial charge in [-0.2, -0.15) is 0 Å². The highest BCUT2D eigenvalue weighted by molar-refractivity contribution is 7.16. The Labute approximate surface area is 125 Å². The molecule has 0 aliphatic rings. The molecular formula is C16H12N2O2S. The number of fused-ring (bicyclic) bond motifs is 1. The number of Topliss-reactive ketones (excluding diaryl/α,β-unsaturated/α-hetero) is 1. The molecule has 1 N–H and O–H groups in total. The largest absolute Gasteiger partial charge is 0.320 e. The van der Waals surface area contributed by atoms with Crippen molar-refractivity contribution in [3.63, 3.8) is 0 Å². The number of rotatable bonds is 3. The fourth-order valence-electron chi connectivity index (χ4n) is 1.98. The van der Waals surface area contributed by atoms with E-state index >= 15 is 0 Å². The highest BCUT2D eigenvalue weighted by Crippen LogP contribution is 2.20. The lowest BCUT2D eigenvalue weighted by Gasteiger charge is -2.04. The van der Waals surface area contributed by atoms with Crippen molar-refractivity contribution in [1.29, 1.82) is 0 Å². The molecule has 0 unspecified atom stereocenters. The number of nitrogens with zero attached hydrogens (tertiary/aromatic N) is 1. The Balaban J connectivity index is 1.83. The molecule has 3 rings (SSSR count). The van der Waals surface area contributed by atoms with E-state index in [1.54, 1.807) is 18.3 Å². The van der Waals surface area contributed by atoms with Crippen LogP contribution in [0.25, 0.3) is 10.9 Å². The van der Waals surface area contributed by atoms with Crippen LogP contribution in [0, 0.1) is 0 Å². The average molecular weight is 296 g/mol. The second kappa shape index (κ2) is 5.46. The van der Waals surface area contributed by atoms with Gasteiger partial charge in [0.15, 0.2) is 5.78 Å². The first-order valence-electron chi connectivity index (χ1n) is 6.40. The number of pyridine rings is 1. The maximum atomic E-state index is 12.1. The maximum absolute atomic E-state index is 12.1. The molecular weight excluding hydrogens is 284 g/mol. The van der Waals surface area contributed by atoms with Crippen LogP contribution in [0.2, 0.25) is 0 Å². The van der Waals surface area contributed by atoms with Crippen LogP contribution in [0.4, 0.5) is 5.69 Å². The highest BCUT2D eigenvalue weighted by atomic mass is 32.1. The number of carbonyl (C=O) groups excluding carboxylic acids is 2. The van der Waals surface area contributed by atoms with Crippen LogP contribution in [0.1, 0.15) is 26.3 Å². The summed E-state index contributed by atoms with van der Waals surface area (Å²) in [5, 5.41) is 3.76. The summed E-state index contributed by atoms with van der Waals surface area (Å²) >= 11 is 1.19. The molecule has 1 aromatic carbocycles. The van der Waals surface area contributed by atoms with Crippen LogP contribution in [-0.2, 0) is 0 Å². The van der Waals surface area contributed by atoms with Gasteiger partial charge in [0.1, 0.15) is 0 Å². The third kappa shape index (κ3) is 2.83. The lowest BCUT2D eigenvalue weighted by molar-refractivity contribution is 0.101. The third-order valence-electron chi connectivity index (χ3n) is 3.03. The fraction of sp³-hybridized carbons (Fsp3) is 0.0625. The zero-order chi connectivity index (χ0) is 14.8. The van der Waals surface area contributed by atoms with Gasteiger partial charge in [-0.25, -0.2) is 0 Å². The summed E-state index contributed by atoms with van der Waals surface area (Å²) in [5.74, 6) is -0.268. The molecule has 2 heterocycles. The number of hydrogen-bond donors (Lipinski definition) is 1. The van der Waals surface area contributed by atoms with Crippen LogP contribution < -0.4 is 5.32 Å². The van der Waals surface area contributed by atoms with E-state index in [4.69, 9.17) is 0 Å². The van der Waals surface area contributed by atoms with Crippen LogP contribution >= 0.6 is 11.3 Å². The second-order valence-electron chi connectivity index (χ2n) is 4.59. The molecule has 3 aromatic rings. The van der Waals surface area contributed by atoms with Gasteiger partial charge in [-0.3, -0.25) is 14.6 Å². The van der Waals surface area contributed by atoms with Crippen molar-refractivity contribution in [1.82, 2.24) is 4.98 Å². The Morgan fingerprint density at radius 2 is 1.86 bits per heavy atom. The third-order valence-corrected chi connectivity index (χ3v) is 4.21. The predicted molar refractivity (Wildman–Crippen MR) is 84.0 cm³/mol. The van der Waals surface area contributed by atoms with Gasteiger partial charge in [-0.15, -0.1) is 11.3 Å². The number of para-hydroxylation sites is 1. The van der Waals surface area contributed by atoms with Crippen LogP contribution in [-0.4, -0.2) is 16.7 Å². The molecule has 0 atom stereocenters. The number of amides is 1. The number of aromatic nitrogens is 1. The molecule has 0 spiro atoms. The summed E-state index contributed by atoms with van der Waals surface area (Å²) in [4.78, 5) is 28.8. The smallest absolute Gasteiger partial charge is 0.265 e. The summed E-state index contributed by atoms with van der Waals surface area (Å²) in [6.45, 7) is 1.49. The number of ketones is 1. The molecule has 1 amide bonds. The Morgan fingerprint density at radius 3 is 2.62 bits per heavy atom. The minimum absolute atomic E-state index is 0.0357. The van der Waals surface area contributed by atoms with Gasteiger partial charge < -0.3 is 5.32 Å².